The van der Waals surface area contributed by atoms with Gasteiger partial charge in [0.15, 0.2) is 0 Å². The summed E-state index contributed by atoms with van der Waals surface area (Å²) in [6.45, 7) is 3.69. The number of nitrogens with zero attached hydrogens (tertiary/aromatic N) is 1. The highest BCUT2D eigenvalue weighted by atomic mass is 32.2. The van der Waals surface area contributed by atoms with Crippen molar-refractivity contribution >= 4 is 25.7 Å². The molecule has 2 aromatic carbocycles. The van der Waals surface area contributed by atoms with E-state index in [1.807, 2.05) is 32.0 Å². The molecule has 0 saturated carbocycles. The van der Waals surface area contributed by atoms with Crippen molar-refractivity contribution in [1.29, 1.82) is 0 Å². The average molecular weight is 383 g/mol. The van der Waals surface area contributed by atoms with Crippen LogP contribution in [0.5, 0.6) is 0 Å². The summed E-state index contributed by atoms with van der Waals surface area (Å²) < 4.78 is 52.3. The minimum Gasteiger partial charge on any atom is -0.269 e. The van der Waals surface area contributed by atoms with E-state index in [9.17, 15) is 16.8 Å². The molecule has 2 rings (SSSR count). The summed E-state index contributed by atoms with van der Waals surface area (Å²) in [7, 11) is -7.21. The molecule has 0 unspecified atom stereocenters. The lowest BCUT2D eigenvalue weighted by Crippen LogP contribution is -2.38. The number of hydrogen-bond acceptors (Lipinski definition) is 4. The van der Waals surface area contributed by atoms with Gasteiger partial charge in [-0.15, -0.1) is 0 Å². The maximum absolute atomic E-state index is 12.3. The van der Waals surface area contributed by atoms with E-state index in [0.717, 1.165) is 17.4 Å². The normalized spacial score (nSPS) is 12.1. The quantitative estimate of drug-likeness (QED) is 0.794. The lowest BCUT2D eigenvalue weighted by molar-refractivity contribution is 0.578. The Labute approximate surface area is 149 Å². The molecule has 0 aliphatic heterocycles. The summed E-state index contributed by atoms with van der Waals surface area (Å²) >= 11 is 0. The first-order valence-electron chi connectivity index (χ1n) is 7.70. The summed E-state index contributed by atoms with van der Waals surface area (Å²) in [5.41, 5.74) is 2.35. The molecule has 136 valence electrons. The van der Waals surface area contributed by atoms with Crippen LogP contribution < -0.4 is 9.03 Å². The van der Waals surface area contributed by atoms with E-state index in [0.29, 0.717) is 5.69 Å². The van der Waals surface area contributed by atoms with Gasteiger partial charge < -0.3 is 0 Å². The van der Waals surface area contributed by atoms with Gasteiger partial charge in [0.05, 0.1) is 16.8 Å². The van der Waals surface area contributed by atoms with E-state index in [1.54, 1.807) is 24.3 Å². The maximum atomic E-state index is 12.3. The van der Waals surface area contributed by atoms with Crippen molar-refractivity contribution in [3.8, 4) is 0 Å². The number of benzene rings is 2. The molecule has 0 saturated heterocycles. The van der Waals surface area contributed by atoms with Crippen molar-refractivity contribution in [2.75, 3.05) is 23.7 Å². The van der Waals surface area contributed by atoms with Gasteiger partial charge >= 0.3 is 0 Å². The highest BCUT2D eigenvalue weighted by Gasteiger charge is 2.19. The van der Waals surface area contributed by atoms with E-state index in [4.69, 9.17) is 0 Å². The molecule has 0 radical (unpaired) electrons. The van der Waals surface area contributed by atoms with E-state index >= 15 is 0 Å². The molecule has 0 amide bonds. The molecule has 8 heteroatoms. The van der Waals surface area contributed by atoms with E-state index in [-0.39, 0.29) is 18.0 Å². The van der Waals surface area contributed by atoms with Crippen LogP contribution in [0, 0.1) is 13.8 Å². The minimum atomic E-state index is -3.68. The van der Waals surface area contributed by atoms with Crippen LogP contribution in [0.15, 0.2) is 53.4 Å². The third-order valence-electron chi connectivity index (χ3n) is 3.63. The minimum absolute atomic E-state index is 0.00688. The van der Waals surface area contributed by atoms with Crippen molar-refractivity contribution < 1.29 is 16.8 Å². The second-order valence-electron chi connectivity index (χ2n) is 5.88. The van der Waals surface area contributed by atoms with Gasteiger partial charge in [-0.1, -0.05) is 29.8 Å². The summed E-state index contributed by atoms with van der Waals surface area (Å²) in [5.74, 6) is 0. The Morgan fingerprint density at radius 1 is 0.920 bits per heavy atom. The Morgan fingerprint density at radius 2 is 1.56 bits per heavy atom. The van der Waals surface area contributed by atoms with Crippen molar-refractivity contribution in [3.63, 3.8) is 0 Å². The fraction of sp³-hybridized carbons (Fsp3) is 0.294. The predicted octanol–water partition coefficient (Wildman–Crippen LogP) is 2.05. The Balaban J connectivity index is 2.12. The first-order valence-corrected chi connectivity index (χ1v) is 11.0. The summed E-state index contributed by atoms with van der Waals surface area (Å²) in [4.78, 5) is 0.161. The zero-order valence-electron chi connectivity index (χ0n) is 14.4. The predicted molar refractivity (Wildman–Crippen MR) is 99.7 cm³/mol. The maximum Gasteiger partial charge on any atom is 0.240 e. The number of hydrogen-bond donors (Lipinski definition) is 1. The van der Waals surface area contributed by atoms with Gasteiger partial charge in [0.25, 0.3) is 0 Å². The topological polar surface area (TPSA) is 83.6 Å². The SMILES string of the molecule is Cc1ccc(N(CCNS(=O)(=O)c2cccc(C)c2)S(C)(=O)=O)cc1. The van der Waals surface area contributed by atoms with Crippen LogP contribution in [-0.4, -0.2) is 36.2 Å². The van der Waals surface area contributed by atoms with Crippen LogP contribution in [0.1, 0.15) is 11.1 Å². The van der Waals surface area contributed by atoms with E-state index in [1.165, 1.54) is 10.4 Å². The molecular formula is C17H22N2O4S2. The van der Waals surface area contributed by atoms with Crippen molar-refractivity contribution in [1.82, 2.24) is 4.72 Å². The van der Waals surface area contributed by atoms with Crippen LogP contribution in [0.3, 0.4) is 0 Å². The van der Waals surface area contributed by atoms with Gasteiger partial charge in [-0.3, -0.25) is 4.31 Å². The third kappa shape index (κ3) is 5.29. The summed E-state index contributed by atoms with van der Waals surface area (Å²) in [5, 5.41) is 0. The van der Waals surface area contributed by atoms with Gasteiger partial charge in [0, 0.05) is 13.1 Å². The molecule has 0 aromatic heterocycles. The number of rotatable bonds is 7. The highest BCUT2D eigenvalue weighted by molar-refractivity contribution is 7.92. The van der Waals surface area contributed by atoms with Crippen molar-refractivity contribution in [2.45, 2.75) is 18.7 Å². The first kappa shape index (κ1) is 19.4. The Bertz CT molecular complexity index is 937. The van der Waals surface area contributed by atoms with E-state index < -0.39 is 20.0 Å². The van der Waals surface area contributed by atoms with Crippen LogP contribution >= 0.6 is 0 Å². The largest absolute Gasteiger partial charge is 0.269 e. The summed E-state index contributed by atoms with van der Waals surface area (Å²) in [6.07, 6.45) is 1.10. The molecule has 25 heavy (non-hydrogen) atoms. The molecular weight excluding hydrogens is 360 g/mol. The second kappa shape index (κ2) is 7.55. The van der Waals surface area contributed by atoms with Gasteiger partial charge in [0.1, 0.15) is 0 Å². The molecule has 0 spiro atoms. The lowest BCUT2D eigenvalue weighted by atomic mass is 10.2. The smallest absolute Gasteiger partial charge is 0.240 e. The Kier molecular flexibility index (Phi) is 5.87. The zero-order valence-corrected chi connectivity index (χ0v) is 16.1. The molecule has 6 nitrogen and oxygen atoms in total. The second-order valence-corrected chi connectivity index (χ2v) is 9.56. The molecule has 0 aliphatic rings. The first-order chi connectivity index (χ1) is 11.6. The molecule has 0 atom stereocenters. The number of anilines is 1. The molecule has 0 fully saturated rings. The van der Waals surface area contributed by atoms with Crippen molar-refractivity contribution in [3.05, 3.63) is 59.7 Å². The number of sulfonamides is 2. The van der Waals surface area contributed by atoms with Crippen LogP contribution in [0.25, 0.3) is 0 Å². The average Bonchev–Trinajstić information content (AvgIpc) is 2.52. The molecule has 2 aromatic rings. The van der Waals surface area contributed by atoms with E-state index in [2.05, 4.69) is 4.72 Å². The number of aryl methyl sites for hydroxylation is 2. The molecule has 1 N–H and O–H groups in total. The van der Waals surface area contributed by atoms with Gasteiger partial charge in [0.2, 0.25) is 20.0 Å². The van der Waals surface area contributed by atoms with Crippen LogP contribution in [0.2, 0.25) is 0 Å². The van der Waals surface area contributed by atoms with Crippen molar-refractivity contribution in [2.24, 2.45) is 0 Å². The number of nitrogens with one attached hydrogen (secondary N) is 1. The fourth-order valence-corrected chi connectivity index (χ4v) is 4.40. The molecule has 0 heterocycles. The lowest BCUT2D eigenvalue weighted by Gasteiger charge is -2.22. The monoisotopic (exact) mass is 382 g/mol. The van der Waals surface area contributed by atoms with Gasteiger partial charge in [-0.25, -0.2) is 21.6 Å². The summed E-state index contributed by atoms with van der Waals surface area (Å²) in [6, 6.07) is 13.6. The zero-order chi connectivity index (χ0) is 18.7. The Hall–Kier alpha value is -1.90. The van der Waals surface area contributed by atoms with Crippen LogP contribution in [-0.2, 0) is 20.0 Å². The molecule has 0 aliphatic carbocycles. The fourth-order valence-electron chi connectivity index (χ4n) is 2.34. The van der Waals surface area contributed by atoms with Crippen LogP contribution in [0.4, 0.5) is 5.69 Å². The standard InChI is InChI=1S/C17H22N2O4S2/c1-14-7-9-16(10-8-14)19(24(3,20)21)12-11-18-25(22,23)17-6-4-5-15(2)13-17/h4-10,13,18H,11-12H2,1-3H3. The molecule has 0 bridgehead atoms. The van der Waals surface area contributed by atoms with Gasteiger partial charge in [-0.05, 0) is 43.7 Å². The Morgan fingerprint density at radius 3 is 2.12 bits per heavy atom. The third-order valence-corrected chi connectivity index (χ3v) is 6.28. The highest BCUT2D eigenvalue weighted by Crippen LogP contribution is 2.18. The van der Waals surface area contributed by atoms with Gasteiger partial charge in [-0.2, -0.15) is 0 Å².